The first kappa shape index (κ1) is 15.8. The maximum atomic E-state index is 12.3. The second-order valence-electron chi connectivity index (χ2n) is 5.46. The van der Waals surface area contributed by atoms with E-state index in [0.717, 1.165) is 12.8 Å². The Morgan fingerprint density at radius 1 is 1.43 bits per heavy atom. The van der Waals surface area contributed by atoms with E-state index in [1.54, 1.807) is 37.3 Å². The Hall–Kier alpha value is -1.59. The topological polar surface area (TPSA) is 59.0 Å². The maximum absolute atomic E-state index is 12.3. The minimum absolute atomic E-state index is 0.105. The van der Waals surface area contributed by atoms with E-state index in [0.29, 0.717) is 37.0 Å². The molecule has 1 aromatic rings. The zero-order chi connectivity index (χ0) is 15.2. The number of carbonyl (C=O) groups is 1. The largest absolute Gasteiger partial charge is 0.491 e. The number of hydrogen-bond donors (Lipinski definition) is 1. The molecule has 0 radical (unpaired) electrons. The summed E-state index contributed by atoms with van der Waals surface area (Å²) in [5.74, 6) is 0.907. The average Bonchev–Trinajstić information content (AvgIpc) is 3.31. The summed E-state index contributed by atoms with van der Waals surface area (Å²) in [5, 5.41) is 9.92. The van der Waals surface area contributed by atoms with E-state index >= 15 is 0 Å². The molecule has 1 aromatic carbocycles. The van der Waals surface area contributed by atoms with Crippen molar-refractivity contribution >= 4 is 5.91 Å². The van der Waals surface area contributed by atoms with Gasteiger partial charge in [-0.1, -0.05) is 6.07 Å². The zero-order valence-corrected chi connectivity index (χ0v) is 12.6. The van der Waals surface area contributed by atoms with Crippen molar-refractivity contribution in [2.45, 2.75) is 18.9 Å². The molecule has 116 valence electrons. The number of benzene rings is 1. The van der Waals surface area contributed by atoms with Crippen molar-refractivity contribution in [2.24, 2.45) is 5.92 Å². The minimum Gasteiger partial charge on any atom is -0.491 e. The fourth-order valence-corrected chi connectivity index (χ4v) is 2.18. The Morgan fingerprint density at radius 2 is 2.19 bits per heavy atom. The van der Waals surface area contributed by atoms with Gasteiger partial charge in [0.05, 0.1) is 12.7 Å². The van der Waals surface area contributed by atoms with E-state index in [9.17, 15) is 9.90 Å². The van der Waals surface area contributed by atoms with Crippen LogP contribution in [0.1, 0.15) is 23.2 Å². The molecule has 0 heterocycles. The van der Waals surface area contributed by atoms with Gasteiger partial charge in [0.15, 0.2) is 0 Å². The summed E-state index contributed by atoms with van der Waals surface area (Å²) in [6.07, 6.45) is 1.71. The fourth-order valence-electron chi connectivity index (χ4n) is 2.18. The van der Waals surface area contributed by atoms with Crippen molar-refractivity contribution in [1.29, 1.82) is 0 Å². The van der Waals surface area contributed by atoms with Gasteiger partial charge in [-0.3, -0.25) is 4.79 Å². The van der Waals surface area contributed by atoms with Crippen molar-refractivity contribution < 1.29 is 19.4 Å². The summed E-state index contributed by atoms with van der Waals surface area (Å²) in [6, 6.07) is 7.08. The van der Waals surface area contributed by atoms with Gasteiger partial charge in [-0.05, 0) is 37.0 Å². The summed E-state index contributed by atoms with van der Waals surface area (Å²) in [6.45, 7) is 1.33. The van der Waals surface area contributed by atoms with E-state index in [1.807, 2.05) is 6.07 Å². The van der Waals surface area contributed by atoms with Crippen LogP contribution in [0.15, 0.2) is 24.3 Å². The van der Waals surface area contributed by atoms with E-state index in [2.05, 4.69) is 0 Å². The zero-order valence-electron chi connectivity index (χ0n) is 12.6. The van der Waals surface area contributed by atoms with Gasteiger partial charge in [-0.2, -0.15) is 0 Å². The number of ether oxygens (including phenoxy) is 2. The highest BCUT2D eigenvalue weighted by Gasteiger charge is 2.31. The monoisotopic (exact) mass is 293 g/mol. The van der Waals surface area contributed by atoms with Crippen LogP contribution in [0.3, 0.4) is 0 Å². The smallest absolute Gasteiger partial charge is 0.253 e. The lowest BCUT2D eigenvalue weighted by Crippen LogP contribution is -2.35. The molecule has 1 fully saturated rings. The molecule has 1 amide bonds. The van der Waals surface area contributed by atoms with Crippen LogP contribution in [-0.4, -0.2) is 55.9 Å². The maximum Gasteiger partial charge on any atom is 0.253 e. The Kier molecular flexibility index (Phi) is 5.59. The highest BCUT2D eigenvalue weighted by atomic mass is 16.5. The molecule has 0 spiro atoms. The first-order chi connectivity index (χ1) is 10.1. The Balaban J connectivity index is 1.92. The molecule has 0 saturated heterocycles. The highest BCUT2D eigenvalue weighted by molar-refractivity contribution is 5.94. The quantitative estimate of drug-likeness (QED) is 0.739. The van der Waals surface area contributed by atoms with Crippen LogP contribution < -0.4 is 4.74 Å². The van der Waals surface area contributed by atoms with Crippen LogP contribution in [0.25, 0.3) is 0 Å². The van der Waals surface area contributed by atoms with Gasteiger partial charge in [0, 0.05) is 26.3 Å². The third-order valence-corrected chi connectivity index (χ3v) is 3.61. The van der Waals surface area contributed by atoms with Gasteiger partial charge in [0.25, 0.3) is 5.91 Å². The summed E-state index contributed by atoms with van der Waals surface area (Å²) in [5.41, 5.74) is 0.565. The molecule has 1 atom stereocenters. The molecular weight excluding hydrogens is 270 g/mol. The van der Waals surface area contributed by atoms with Gasteiger partial charge >= 0.3 is 0 Å². The molecule has 2 rings (SSSR count). The first-order valence-electron chi connectivity index (χ1n) is 7.27. The minimum atomic E-state index is -0.417. The van der Waals surface area contributed by atoms with Crippen LogP contribution in [-0.2, 0) is 4.74 Å². The molecule has 1 aliphatic rings. The lowest BCUT2D eigenvalue weighted by atomic mass is 10.1. The van der Waals surface area contributed by atoms with Crippen LogP contribution in [0.2, 0.25) is 0 Å². The first-order valence-corrected chi connectivity index (χ1v) is 7.27. The standard InChI is InChI=1S/C16H23NO4/c1-17(11-15(18)12-6-7-12)16(19)13-4-3-5-14(10-13)21-9-8-20-2/h3-5,10,12,15,18H,6-9,11H2,1-2H3/t15-/m0/s1. The molecule has 0 bridgehead atoms. The number of likely N-dealkylation sites (N-methyl/N-ethyl adjacent to an activating group) is 1. The molecule has 21 heavy (non-hydrogen) atoms. The Morgan fingerprint density at radius 3 is 2.86 bits per heavy atom. The second kappa shape index (κ2) is 7.43. The summed E-state index contributed by atoms with van der Waals surface area (Å²) < 4.78 is 10.4. The van der Waals surface area contributed by atoms with Crippen molar-refractivity contribution in [3.05, 3.63) is 29.8 Å². The molecule has 0 aromatic heterocycles. The molecule has 5 heteroatoms. The van der Waals surface area contributed by atoms with Crippen LogP contribution in [0.4, 0.5) is 0 Å². The predicted molar refractivity (Wildman–Crippen MR) is 79.5 cm³/mol. The number of amides is 1. The number of aliphatic hydroxyl groups is 1. The number of methoxy groups -OCH3 is 1. The third-order valence-electron chi connectivity index (χ3n) is 3.61. The summed E-state index contributed by atoms with van der Waals surface area (Å²) in [4.78, 5) is 13.9. The highest BCUT2D eigenvalue weighted by Crippen LogP contribution is 2.32. The van der Waals surface area contributed by atoms with Crippen LogP contribution >= 0.6 is 0 Å². The summed E-state index contributed by atoms with van der Waals surface area (Å²) >= 11 is 0. The second-order valence-corrected chi connectivity index (χ2v) is 5.46. The number of nitrogens with zero attached hydrogens (tertiary/aromatic N) is 1. The fraction of sp³-hybridized carbons (Fsp3) is 0.562. The lowest BCUT2D eigenvalue weighted by Gasteiger charge is -2.21. The van der Waals surface area contributed by atoms with Crippen molar-refractivity contribution in [1.82, 2.24) is 4.90 Å². The normalized spacial score (nSPS) is 15.6. The van der Waals surface area contributed by atoms with Crippen molar-refractivity contribution in [3.63, 3.8) is 0 Å². The van der Waals surface area contributed by atoms with Crippen LogP contribution in [0, 0.1) is 5.92 Å². The number of aliphatic hydroxyl groups excluding tert-OH is 1. The average molecular weight is 293 g/mol. The van der Waals surface area contributed by atoms with E-state index in [-0.39, 0.29) is 5.91 Å². The predicted octanol–water partition coefficient (Wildman–Crippen LogP) is 1.55. The molecule has 5 nitrogen and oxygen atoms in total. The van der Waals surface area contributed by atoms with Gasteiger partial charge in [0.2, 0.25) is 0 Å². The molecule has 1 N–H and O–H groups in total. The van der Waals surface area contributed by atoms with Crippen molar-refractivity contribution in [3.8, 4) is 5.75 Å². The Bertz CT molecular complexity index is 473. The van der Waals surface area contributed by atoms with Crippen LogP contribution in [0.5, 0.6) is 5.75 Å². The van der Waals surface area contributed by atoms with Gasteiger partial charge < -0.3 is 19.5 Å². The Labute approximate surface area is 125 Å². The lowest BCUT2D eigenvalue weighted by molar-refractivity contribution is 0.0645. The number of rotatable bonds is 8. The third kappa shape index (κ3) is 4.72. The van der Waals surface area contributed by atoms with Gasteiger partial charge in [-0.25, -0.2) is 0 Å². The number of hydrogen-bond acceptors (Lipinski definition) is 4. The molecule has 1 aliphatic carbocycles. The molecule has 0 aliphatic heterocycles. The number of carbonyl (C=O) groups excluding carboxylic acids is 1. The van der Waals surface area contributed by atoms with Gasteiger partial charge in [-0.15, -0.1) is 0 Å². The van der Waals surface area contributed by atoms with Gasteiger partial charge in [0.1, 0.15) is 12.4 Å². The molecule has 0 unspecified atom stereocenters. The van der Waals surface area contributed by atoms with Crippen molar-refractivity contribution in [2.75, 3.05) is 33.9 Å². The van der Waals surface area contributed by atoms with E-state index in [1.165, 1.54) is 0 Å². The molecular formula is C16H23NO4. The SMILES string of the molecule is COCCOc1cccc(C(=O)N(C)C[C@H](O)C2CC2)c1. The van der Waals surface area contributed by atoms with E-state index < -0.39 is 6.10 Å². The molecule has 1 saturated carbocycles. The summed E-state index contributed by atoms with van der Waals surface area (Å²) in [7, 11) is 3.33. The van der Waals surface area contributed by atoms with E-state index in [4.69, 9.17) is 9.47 Å².